The van der Waals surface area contributed by atoms with Crippen molar-refractivity contribution in [3.63, 3.8) is 0 Å². The lowest BCUT2D eigenvalue weighted by molar-refractivity contribution is -0.137. The van der Waals surface area contributed by atoms with Crippen LogP contribution >= 0.6 is 24.0 Å². The van der Waals surface area contributed by atoms with E-state index in [0.717, 1.165) is 18.6 Å². The third kappa shape index (κ3) is 4.00. The molecule has 1 aromatic heterocycles. The molecule has 0 aliphatic carbocycles. The van der Waals surface area contributed by atoms with Crippen molar-refractivity contribution in [3.8, 4) is 5.75 Å². The van der Waals surface area contributed by atoms with Crippen LogP contribution in [0.2, 0.25) is 0 Å². The standard InChI is InChI=1S/C15H17N3O3S2/c19-13(9-18-14(20)10-23-15(18)22)17-7-1-2-12(8-17)21-11-3-5-16-6-4-11/h3-6,12H,1-2,7-10H2. The fraction of sp³-hybridized carbons (Fsp3) is 0.467. The number of aromatic nitrogens is 1. The maximum Gasteiger partial charge on any atom is 0.242 e. The first kappa shape index (κ1) is 16.2. The number of amides is 2. The van der Waals surface area contributed by atoms with Gasteiger partial charge in [-0.1, -0.05) is 24.0 Å². The molecule has 2 fully saturated rings. The van der Waals surface area contributed by atoms with Crippen molar-refractivity contribution in [3.05, 3.63) is 24.5 Å². The average Bonchev–Trinajstić information content (AvgIpc) is 2.88. The molecule has 8 heteroatoms. The molecule has 0 saturated carbocycles. The van der Waals surface area contributed by atoms with Gasteiger partial charge >= 0.3 is 0 Å². The molecule has 6 nitrogen and oxygen atoms in total. The van der Waals surface area contributed by atoms with Crippen molar-refractivity contribution in [2.45, 2.75) is 18.9 Å². The molecule has 2 saturated heterocycles. The van der Waals surface area contributed by atoms with Gasteiger partial charge in [0.15, 0.2) is 0 Å². The summed E-state index contributed by atoms with van der Waals surface area (Å²) in [4.78, 5) is 31.3. The Morgan fingerprint density at radius 1 is 1.43 bits per heavy atom. The number of nitrogens with zero attached hydrogens (tertiary/aromatic N) is 3. The SMILES string of the molecule is O=C(CN1C(=O)CSC1=S)N1CCCC(Oc2ccncc2)C1. The Morgan fingerprint density at radius 3 is 2.91 bits per heavy atom. The molecule has 0 N–H and O–H groups in total. The van der Waals surface area contributed by atoms with Crippen molar-refractivity contribution in [2.24, 2.45) is 0 Å². The Bertz CT molecular complexity index is 595. The molecule has 1 aromatic rings. The van der Waals surface area contributed by atoms with Gasteiger partial charge in [-0.2, -0.15) is 0 Å². The lowest BCUT2D eigenvalue weighted by Gasteiger charge is -2.33. The summed E-state index contributed by atoms with van der Waals surface area (Å²) in [6, 6.07) is 3.61. The number of carbonyl (C=O) groups excluding carboxylic acids is 2. The zero-order valence-electron chi connectivity index (χ0n) is 12.5. The second-order valence-electron chi connectivity index (χ2n) is 5.44. The molecule has 1 atom stereocenters. The molecule has 0 aromatic carbocycles. The number of thiocarbonyl (C=S) groups is 1. The van der Waals surface area contributed by atoms with Gasteiger partial charge in [0.05, 0.1) is 12.3 Å². The van der Waals surface area contributed by atoms with Crippen molar-refractivity contribution < 1.29 is 14.3 Å². The van der Waals surface area contributed by atoms with Gasteiger partial charge in [-0.15, -0.1) is 0 Å². The summed E-state index contributed by atoms with van der Waals surface area (Å²) in [7, 11) is 0. The quantitative estimate of drug-likeness (QED) is 0.762. The molecule has 23 heavy (non-hydrogen) atoms. The minimum absolute atomic E-state index is 0.0344. The summed E-state index contributed by atoms with van der Waals surface area (Å²) in [5, 5.41) is 0. The molecule has 1 unspecified atom stereocenters. The second-order valence-corrected chi connectivity index (χ2v) is 7.05. The largest absolute Gasteiger partial charge is 0.488 e. The summed E-state index contributed by atoms with van der Waals surface area (Å²) >= 11 is 6.42. The molecule has 3 rings (SSSR count). The number of pyridine rings is 1. The number of likely N-dealkylation sites (tertiary alicyclic amines) is 1. The maximum absolute atomic E-state index is 12.4. The van der Waals surface area contributed by atoms with E-state index in [-0.39, 0.29) is 24.5 Å². The van der Waals surface area contributed by atoms with Crippen molar-refractivity contribution in [1.29, 1.82) is 0 Å². The van der Waals surface area contributed by atoms with E-state index in [4.69, 9.17) is 17.0 Å². The molecule has 2 aliphatic heterocycles. The smallest absolute Gasteiger partial charge is 0.242 e. The monoisotopic (exact) mass is 351 g/mol. The fourth-order valence-electron chi connectivity index (χ4n) is 2.64. The highest BCUT2D eigenvalue weighted by Crippen LogP contribution is 2.21. The number of carbonyl (C=O) groups is 2. The first-order valence-corrected chi connectivity index (χ1v) is 8.84. The van der Waals surface area contributed by atoms with Gasteiger partial charge in [-0.3, -0.25) is 19.5 Å². The van der Waals surface area contributed by atoms with Crippen LogP contribution in [-0.2, 0) is 9.59 Å². The number of piperidine rings is 1. The number of rotatable bonds is 4. The second kappa shape index (κ2) is 7.27. The first-order chi connectivity index (χ1) is 11.1. The van der Waals surface area contributed by atoms with Crippen LogP contribution in [0.25, 0.3) is 0 Å². The van der Waals surface area contributed by atoms with Gasteiger partial charge in [-0.25, -0.2) is 0 Å². The normalized spacial score (nSPS) is 21.7. The summed E-state index contributed by atoms with van der Waals surface area (Å²) in [6.45, 7) is 1.26. The van der Waals surface area contributed by atoms with Gasteiger partial charge < -0.3 is 9.64 Å². The van der Waals surface area contributed by atoms with Gasteiger partial charge in [0.25, 0.3) is 0 Å². The zero-order chi connectivity index (χ0) is 16.2. The van der Waals surface area contributed by atoms with Gasteiger partial charge in [0.1, 0.15) is 22.7 Å². The van der Waals surface area contributed by atoms with E-state index in [0.29, 0.717) is 23.2 Å². The van der Waals surface area contributed by atoms with Gasteiger partial charge in [0, 0.05) is 18.9 Å². The van der Waals surface area contributed by atoms with Crippen molar-refractivity contribution in [2.75, 3.05) is 25.4 Å². The summed E-state index contributed by atoms with van der Waals surface area (Å²) in [5.41, 5.74) is 0. The van der Waals surface area contributed by atoms with E-state index < -0.39 is 0 Å². The van der Waals surface area contributed by atoms with Gasteiger partial charge in [0.2, 0.25) is 11.8 Å². The summed E-state index contributed by atoms with van der Waals surface area (Å²) in [6.07, 6.45) is 5.11. The molecule has 122 valence electrons. The van der Waals surface area contributed by atoms with E-state index >= 15 is 0 Å². The first-order valence-electron chi connectivity index (χ1n) is 7.45. The predicted octanol–water partition coefficient (Wildman–Crippen LogP) is 1.31. The van der Waals surface area contributed by atoms with Crippen LogP contribution in [0.1, 0.15) is 12.8 Å². The zero-order valence-corrected chi connectivity index (χ0v) is 14.1. The fourth-order valence-corrected chi connectivity index (χ4v) is 3.71. The van der Waals surface area contributed by atoms with Crippen LogP contribution in [0.4, 0.5) is 0 Å². The van der Waals surface area contributed by atoms with Crippen LogP contribution < -0.4 is 4.74 Å². The van der Waals surface area contributed by atoms with E-state index in [1.807, 2.05) is 0 Å². The number of hydrogen-bond donors (Lipinski definition) is 0. The Balaban J connectivity index is 1.56. The topological polar surface area (TPSA) is 62.7 Å². The van der Waals surface area contributed by atoms with Crippen LogP contribution in [0.5, 0.6) is 5.75 Å². The van der Waals surface area contributed by atoms with Crippen LogP contribution in [0.3, 0.4) is 0 Å². The Hall–Kier alpha value is -1.67. The Labute approximate surface area is 144 Å². The van der Waals surface area contributed by atoms with Crippen LogP contribution in [-0.4, -0.2) is 62.4 Å². The number of ether oxygens (including phenoxy) is 1. The maximum atomic E-state index is 12.4. The summed E-state index contributed by atoms with van der Waals surface area (Å²) < 4.78 is 6.39. The van der Waals surface area contributed by atoms with Crippen LogP contribution in [0, 0.1) is 0 Å². The highest BCUT2D eigenvalue weighted by atomic mass is 32.2. The van der Waals surface area contributed by atoms with E-state index in [9.17, 15) is 9.59 Å². The molecular weight excluding hydrogens is 334 g/mol. The van der Waals surface area contributed by atoms with Crippen molar-refractivity contribution in [1.82, 2.24) is 14.8 Å². The van der Waals surface area contributed by atoms with E-state index in [1.165, 1.54) is 16.7 Å². The van der Waals surface area contributed by atoms with Crippen LogP contribution in [0.15, 0.2) is 24.5 Å². The minimum atomic E-state index is -0.0880. The lowest BCUT2D eigenvalue weighted by atomic mass is 10.1. The molecule has 2 aliphatic rings. The van der Waals surface area contributed by atoms with E-state index in [1.54, 1.807) is 29.4 Å². The van der Waals surface area contributed by atoms with Gasteiger partial charge in [-0.05, 0) is 25.0 Å². The average molecular weight is 351 g/mol. The predicted molar refractivity (Wildman–Crippen MR) is 91.2 cm³/mol. The summed E-state index contributed by atoms with van der Waals surface area (Å²) in [5.74, 6) is 0.924. The molecule has 0 radical (unpaired) electrons. The lowest BCUT2D eigenvalue weighted by Crippen LogP contribution is -2.48. The van der Waals surface area contributed by atoms with E-state index in [2.05, 4.69) is 4.98 Å². The Kier molecular flexibility index (Phi) is 5.12. The molecule has 0 bridgehead atoms. The molecule has 0 spiro atoms. The molecular formula is C15H17N3O3S2. The van der Waals surface area contributed by atoms with Crippen molar-refractivity contribution >= 4 is 40.1 Å². The number of hydrogen-bond acceptors (Lipinski definition) is 6. The third-order valence-electron chi connectivity index (χ3n) is 3.82. The third-order valence-corrected chi connectivity index (χ3v) is 5.25. The number of thioether (sulfide) groups is 1. The highest BCUT2D eigenvalue weighted by molar-refractivity contribution is 8.23. The molecule has 3 heterocycles. The Morgan fingerprint density at radius 2 is 2.22 bits per heavy atom. The minimum Gasteiger partial charge on any atom is -0.488 e. The highest BCUT2D eigenvalue weighted by Gasteiger charge is 2.31. The molecule has 2 amide bonds.